The van der Waals surface area contributed by atoms with Crippen molar-refractivity contribution in [2.75, 3.05) is 33.6 Å². The number of carbonyl (C=O) groups excluding carboxylic acids is 7. The molecule has 20 heteroatoms. The van der Waals surface area contributed by atoms with E-state index >= 15 is 0 Å². The van der Waals surface area contributed by atoms with E-state index in [4.69, 9.17) is 19.9 Å². The predicted molar refractivity (Wildman–Crippen MR) is 224 cm³/mol. The quantitative estimate of drug-likeness (QED) is 0.0934. The van der Waals surface area contributed by atoms with E-state index in [2.05, 4.69) is 26.0 Å². The number of primary amides is 1. The van der Waals surface area contributed by atoms with Crippen LogP contribution in [0.4, 0.5) is 0 Å². The number of methoxy groups -OCH3 is 2. The van der Waals surface area contributed by atoms with Crippen LogP contribution in [-0.2, 0) is 48.3 Å². The van der Waals surface area contributed by atoms with Crippen molar-refractivity contribution in [3.63, 3.8) is 0 Å². The third-order valence-corrected chi connectivity index (χ3v) is 11.2. The monoisotopic (exact) mass is 879 g/mol. The van der Waals surface area contributed by atoms with Gasteiger partial charge in [-0.1, -0.05) is 58.6 Å². The number of likely N-dealkylation sites (tertiary alicyclic amines) is 1. The molecule has 6 atom stereocenters. The van der Waals surface area contributed by atoms with Crippen LogP contribution < -0.4 is 41.2 Å². The fourth-order valence-corrected chi connectivity index (χ4v) is 8.59. The summed E-state index contributed by atoms with van der Waals surface area (Å²) in [5.74, 6) is -6.30. The number of Topliss-reactive ketones (excluding diaryl/α,β-unsaturated/α-hetero) is 1. The van der Waals surface area contributed by atoms with Crippen molar-refractivity contribution in [3.8, 4) is 11.5 Å². The molecule has 3 rings (SSSR count). The number of benzene rings is 1. The molecule has 0 bridgehead atoms. The number of nitrogens with zero attached hydrogens (tertiary/aromatic N) is 1. The van der Waals surface area contributed by atoms with Gasteiger partial charge in [-0.2, -0.15) is 0 Å². The normalized spacial score (nSPS) is 19.2. The molecule has 1 aromatic carbocycles. The van der Waals surface area contributed by atoms with E-state index in [0.29, 0.717) is 19.3 Å². The summed E-state index contributed by atoms with van der Waals surface area (Å²) >= 11 is 0. The highest BCUT2D eigenvalue weighted by Crippen LogP contribution is 2.35. The molecular weight excluding hydrogens is 815 g/mol. The first-order valence-electron chi connectivity index (χ1n) is 20.7. The molecule has 1 saturated carbocycles. The van der Waals surface area contributed by atoms with Crippen molar-refractivity contribution in [2.45, 2.75) is 135 Å². The Morgan fingerprint density at radius 1 is 0.951 bits per heavy atom. The summed E-state index contributed by atoms with van der Waals surface area (Å²) in [4.78, 5) is 96.0. The lowest BCUT2D eigenvalue weighted by molar-refractivity contribution is -0.145. The zero-order chi connectivity index (χ0) is 45.8. The second-order valence-corrected chi connectivity index (χ2v) is 18.8. The van der Waals surface area contributed by atoms with Gasteiger partial charge < -0.3 is 46.1 Å². The number of para-hydroxylation sites is 1. The van der Waals surface area contributed by atoms with Gasteiger partial charge in [-0.25, -0.2) is 13.1 Å². The number of nitrogens with two attached hydrogens (primary N) is 1. The molecule has 6 amide bonds. The van der Waals surface area contributed by atoms with Crippen LogP contribution in [0.1, 0.15) is 105 Å². The molecule has 0 radical (unpaired) electrons. The smallest absolute Gasteiger partial charge is 0.290 e. The molecule has 6 unspecified atom stereocenters. The highest BCUT2D eigenvalue weighted by Gasteiger charge is 2.46. The Bertz CT molecular complexity index is 1860. The minimum absolute atomic E-state index is 0.0155. The third kappa shape index (κ3) is 14.7. The van der Waals surface area contributed by atoms with Crippen LogP contribution in [0.15, 0.2) is 18.2 Å². The largest absolute Gasteiger partial charge is 0.493 e. The summed E-state index contributed by atoms with van der Waals surface area (Å²) in [5.41, 5.74) is 5.12. The lowest BCUT2D eigenvalue weighted by Crippen LogP contribution is -2.60. The average molecular weight is 880 g/mol. The van der Waals surface area contributed by atoms with E-state index in [9.17, 15) is 42.0 Å². The molecular formula is C41H65N7O12S. The number of amides is 6. The summed E-state index contributed by atoms with van der Waals surface area (Å²) in [6.45, 7) is 9.85. The molecule has 0 spiro atoms. The number of rotatable bonds is 21. The van der Waals surface area contributed by atoms with Crippen molar-refractivity contribution in [1.29, 1.82) is 0 Å². The van der Waals surface area contributed by atoms with Crippen molar-refractivity contribution in [2.24, 2.45) is 17.6 Å². The zero-order valence-corrected chi connectivity index (χ0v) is 37.6. The second-order valence-electron chi connectivity index (χ2n) is 17.0. The maximum absolute atomic E-state index is 14.7. The van der Waals surface area contributed by atoms with Gasteiger partial charge in [0, 0.05) is 18.5 Å². The minimum atomic E-state index is -3.79. The maximum Gasteiger partial charge on any atom is 0.290 e. The second kappa shape index (κ2) is 22.3. The lowest BCUT2D eigenvalue weighted by Gasteiger charge is -2.36. The number of nitrogens with one attached hydrogen (secondary N) is 5. The first-order valence-corrected chi connectivity index (χ1v) is 22.6. The van der Waals surface area contributed by atoms with E-state index < -0.39 is 106 Å². The Morgan fingerprint density at radius 3 is 2.15 bits per heavy atom. The van der Waals surface area contributed by atoms with Gasteiger partial charge in [0.25, 0.3) is 5.91 Å². The Kier molecular flexibility index (Phi) is 18.5. The number of carbonyl (C=O) groups is 7. The summed E-state index contributed by atoms with van der Waals surface area (Å²) in [5, 5.41) is 10.2. The van der Waals surface area contributed by atoms with Crippen LogP contribution in [-0.4, -0.2) is 124 Å². The Hall–Kier alpha value is -4.82. The van der Waals surface area contributed by atoms with Crippen LogP contribution in [0.3, 0.4) is 0 Å². The summed E-state index contributed by atoms with van der Waals surface area (Å²) in [6, 6.07) is -1.50. The molecule has 2 aliphatic rings. The third-order valence-electron chi connectivity index (χ3n) is 10.5. The summed E-state index contributed by atoms with van der Waals surface area (Å²) in [6.07, 6.45) is 4.60. The first-order chi connectivity index (χ1) is 28.5. The number of ether oxygens (including phenoxy) is 3. The van der Waals surface area contributed by atoms with Gasteiger partial charge in [-0.05, 0) is 57.9 Å². The first kappa shape index (κ1) is 50.5. The van der Waals surface area contributed by atoms with Gasteiger partial charge in [0.15, 0.2) is 11.5 Å². The molecule has 1 heterocycles. The Balaban J connectivity index is 1.83. The maximum atomic E-state index is 14.7. The van der Waals surface area contributed by atoms with E-state index in [1.54, 1.807) is 32.9 Å². The molecule has 1 saturated heterocycles. The Labute approximate surface area is 358 Å². The van der Waals surface area contributed by atoms with E-state index in [0.717, 1.165) is 25.5 Å². The van der Waals surface area contributed by atoms with Crippen LogP contribution in [0.2, 0.25) is 0 Å². The fourth-order valence-electron chi connectivity index (χ4n) is 7.75. The summed E-state index contributed by atoms with van der Waals surface area (Å²) in [7, 11) is -1.05. The SMILES string of the molecule is CCCC(NC(=O)C1CC(OC(C)(C)C)CN1C(=O)C(NC(=O)C(NS(C)(=O)=O)C(C)C)C1CCCCC1)C(=O)C(=O)NCC(=O)NC(C(N)=O)c1cccc(OC)c1OC. The predicted octanol–water partition coefficient (Wildman–Crippen LogP) is 0.740. The zero-order valence-electron chi connectivity index (χ0n) is 36.8. The van der Waals surface area contributed by atoms with Crippen LogP contribution >= 0.6 is 0 Å². The fraction of sp³-hybridized carbons (Fsp3) is 0.683. The van der Waals surface area contributed by atoms with Gasteiger partial charge in [-0.3, -0.25) is 33.6 Å². The van der Waals surface area contributed by atoms with E-state index in [1.807, 2.05) is 20.8 Å². The molecule has 7 N–H and O–H groups in total. The van der Waals surface area contributed by atoms with Crippen molar-refractivity contribution < 1.29 is 56.2 Å². The number of ketones is 1. The molecule has 342 valence electrons. The van der Waals surface area contributed by atoms with Crippen molar-refractivity contribution in [1.82, 2.24) is 30.9 Å². The molecule has 19 nitrogen and oxygen atoms in total. The Morgan fingerprint density at radius 2 is 1.61 bits per heavy atom. The minimum Gasteiger partial charge on any atom is -0.493 e. The molecule has 1 aliphatic heterocycles. The number of hydrogen-bond donors (Lipinski definition) is 6. The highest BCUT2D eigenvalue weighted by molar-refractivity contribution is 7.88. The lowest BCUT2D eigenvalue weighted by atomic mass is 9.83. The molecule has 61 heavy (non-hydrogen) atoms. The van der Waals surface area contributed by atoms with Crippen molar-refractivity contribution in [3.05, 3.63) is 23.8 Å². The highest BCUT2D eigenvalue weighted by atomic mass is 32.2. The van der Waals surface area contributed by atoms with Gasteiger partial charge >= 0.3 is 0 Å². The van der Waals surface area contributed by atoms with Crippen LogP contribution in [0, 0.1) is 11.8 Å². The molecule has 1 aromatic rings. The van der Waals surface area contributed by atoms with Gasteiger partial charge in [0.2, 0.25) is 45.3 Å². The van der Waals surface area contributed by atoms with Gasteiger partial charge in [-0.15, -0.1) is 0 Å². The number of sulfonamides is 1. The van der Waals surface area contributed by atoms with E-state index in [-0.39, 0.29) is 42.4 Å². The topological polar surface area (TPSA) is 271 Å². The van der Waals surface area contributed by atoms with Crippen molar-refractivity contribution >= 4 is 51.2 Å². The molecule has 0 aromatic heterocycles. The molecule has 1 aliphatic carbocycles. The average Bonchev–Trinajstić information content (AvgIpc) is 3.61. The van der Waals surface area contributed by atoms with E-state index in [1.165, 1.54) is 25.2 Å². The summed E-state index contributed by atoms with van der Waals surface area (Å²) < 4.78 is 43.6. The molecule has 2 fully saturated rings. The van der Waals surface area contributed by atoms with Crippen LogP contribution in [0.25, 0.3) is 0 Å². The van der Waals surface area contributed by atoms with Crippen LogP contribution in [0.5, 0.6) is 11.5 Å². The number of hydrogen-bond acceptors (Lipinski definition) is 12. The standard InChI is InChI=1S/C41H65N7O12S/c1-10-15-27(34(50)39(54)43-21-30(49)45-33(36(42)51)26-18-14-19-29(58-7)35(26)59-8)44-37(52)28-20-25(60-41(4,5)6)22-48(28)40(55)32(24-16-12-11-13-17-24)46-38(53)31(23(2)3)47-61(9,56)57/h14,18-19,23-25,27-28,31-33,47H,10-13,15-17,20-22H2,1-9H3,(H2,42,51)(H,43,54)(H,44,52)(H,45,49)(H,46,53). The van der Waals surface area contributed by atoms with Gasteiger partial charge in [0.05, 0.1) is 44.8 Å². The van der Waals surface area contributed by atoms with Gasteiger partial charge in [0.1, 0.15) is 24.2 Å².